The summed E-state index contributed by atoms with van der Waals surface area (Å²) in [6, 6.07) is 7.43. The molecule has 0 unspecified atom stereocenters. The Kier molecular flexibility index (Phi) is 5.94. The Balaban J connectivity index is 1.28. The van der Waals surface area contributed by atoms with Crippen molar-refractivity contribution < 1.29 is 9.32 Å². The van der Waals surface area contributed by atoms with E-state index in [1.807, 2.05) is 29.2 Å². The van der Waals surface area contributed by atoms with Gasteiger partial charge < -0.3 is 14.3 Å². The Labute approximate surface area is 170 Å². The van der Waals surface area contributed by atoms with Crippen molar-refractivity contribution >= 4 is 17.5 Å². The maximum absolute atomic E-state index is 12.7. The summed E-state index contributed by atoms with van der Waals surface area (Å²) in [7, 11) is 2.11. The number of carbonyl (C=O) groups excluding carboxylic acids is 1. The molecule has 0 bridgehead atoms. The zero-order valence-corrected chi connectivity index (χ0v) is 16.9. The van der Waals surface area contributed by atoms with Crippen LogP contribution in [-0.2, 0) is 11.3 Å². The minimum atomic E-state index is 0.143. The first-order valence-electron chi connectivity index (χ1n) is 9.87. The molecule has 7 nitrogen and oxygen atoms in total. The minimum Gasteiger partial charge on any atom is -0.340 e. The molecule has 2 fully saturated rings. The molecule has 0 spiro atoms. The molecule has 8 heteroatoms. The third kappa shape index (κ3) is 4.54. The molecular weight excluding hydrogens is 378 g/mol. The van der Waals surface area contributed by atoms with E-state index in [2.05, 4.69) is 27.0 Å². The molecule has 2 aromatic rings. The zero-order valence-electron chi connectivity index (χ0n) is 16.2. The van der Waals surface area contributed by atoms with Crippen molar-refractivity contribution in [2.24, 2.45) is 5.92 Å². The summed E-state index contributed by atoms with van der Waals surface area (Å²) in [4.78, 5) is 23.8. The van der Waals surface area contributed by atoms with Crippen LogP contribution in [0.3, 0.4) is 0 Å². The first-order chi connectivity index (χ1) is 13.6. The first kappa shape index (κ1) is 19.4. The molecule has 0 radical (unpaired) electrons. The van der Waals surface area contributed by atoms with Gasteiger partial charge in [-0.15, -0.1) is 0 Å². The van der Waals surface area contributed by atoms with E-state index in [1.165, 1.54) is 0 Å². The molecular formula is C20H26ClN5O2. The molecule has 0 N–H and O–H groups in total. The zero-order chi connectivity index (χ0) is 19.5. The number of halogens is 1. The Hall–Kier alpha value is -1.96. The molecule has 1 amide bonds. The number of benzene rings is 1. The third-order valence-corrected chi connectivity index (χ3v) is 5.90. The van der Waals surface area contributed by atoms with Gasteiger partial charge in [0, 0.05) is 42.7 Å². The van der Waals surface area contributed by atoms with Crippen LogP contribution < -0.4 is 0 Å². The van der Waals surface area contributed by atoms with Gasteiger partial charge in [0.2, 0.25) is 17.6 Å². The quantitative estimate of drug-likeness (QED) is 0.780. The second kappa shape index (κ2) is 8.59. The van der Waals surface area contributed by atoms with Crippen LogP contribution in [0.15, 0.2) is 28.8 Å². The first-order valence-corrected chi connectivity index (χ1v) is 10.2. The summed E-state index contributed by atoms with van der Waals surface area (Å²) in [6.45, 7) is 6.00. The fraction of sp³-hybridized carbons (Fsp3) is 0.550. The van der Waals surface area contributed by atoms with Crippen LogP contribution in [0.25, 0.3) is 11.4 Å². The number of rotatable bonds is 4. The van der Waals surface area contributed by atoms with E-state index >= 15 is 0 Å². The van der Waals surface area contributed by atoms with Crippen LogP contribution in [-0.4, -0.2) is 77.1 Å². The van der Waals surface area contributed by atoms with Crippen LogP contribution >= 0.6 is 11.6 Å². The van der Waals surface area contributed by atoms with Gasteiger partial charge in [-0.25, -0.2) is 0 Å². The smallest absolute Gasteiger partial charge is 0.241 e. The molecule has 0 atom stereocenters. The number of carbonyl (C=O) groups is 1. The van der Waals surface area contributed by atoms with Crippen molar-refractivity contribution in [3.63, 3.8) is 0 Å². The summed E-state index contributed by atoms with van der Waals surface area (Å²) in [5.41, 5.74) is 0.846. The lowest BCUT2D eigenvalue weighted by molar-refractivity contribution is -0.138. The average Bonchev–Trinajstić information content (AvgIpc) is 3.17. The van der Waals surface area contributed by atoms with E-state index in [0.717, 1.165) is 57.7 Å². The topological polar surface area (TPSA) is 65.7 Å². The third-order valence-electron chi connectivity index (χ3n) is 5.66. The minimum absolute atomic E-state index is 0.143. The Bertz CT molecular complexity index is 810. The molecule has 1 aromatic carbocycles. The number of hydrogen-bond donors (Lipinski definition) is 0. The summed E-state index contributed by atoms with van der Waals surface area (Å²) in [6.07, 6.45) is 1.78. The Morgan fingerprint density at radius 2 is 1.93 bits per heavy atom. The number of likely N-dealkylation sites (N-methyl/N-ethyl adjacent to an activating group) is 1. The predicted molar refractivity (Wildman–Crippen MR) is 107 cm³/mol. The van der Waals surface area contributed by atoms with E-state index in [1.54, 1.807) is 0 Å². The monoisotopic (exact) mass is 403 g/mol. The highest BCUT2D eigenvalue weighted by Crippen LogP contribution is 2.23. The van der Waals surface area contributed by atoms with Gasteiger partial charge in [0.1, 0.15) is 0 Å². The maximum Gasteiger partial charge on any atom is 0.241 e. The standard InChI is InChI=1S/C20H26ClN5O2/c1-24-9-11-26(12-10-24)20(27)15-5-7-25(8-6-15)14-18-22-19(23-28-18)16-3-2-4-17(21)13-16/h2-4,13,15H,5-12,14H2,1H3. The highest BCUT2D eigenvalue weighted by Gasteiger charge is 2.30. The number of piperidine rings is 1. The van der Waals surface area contributed by atoms with Gasteiger partial charge >= 0.3 is 0 Å². The van der Waals surface area contributed by atoms with Crippen LogP contribution in [0.1, 0.15) is 18.7 Å². The largest absolute Gasteiger partial charge is 0.340 e. The SMILES string of the molecule is CN1CCN(C(=O)C2CCN(Cc3nc(-c4cccc(Cl)c4)no3)CC2)CC1. The summed E-state index contributed by atoms with van der Waals surface area (Å²) in [5, 5.41) is 4.72. The van der Waals surface area contributed by atoms with Gasteiger partial charge in [0.05, 0.1) is 6.54 Å². The molecule has 4 rings (SSSR count). The van der Waals surface area contributed by atoms with E-state index in [4.69, 9.17) is 16.1 Å². The van der Waals surface area contributed by atoms with E-state index < -0.39 is 0 Å². The molecule has 28 heavy (non-hydrogen) atoms. The van der Waals surface area contributed by atoms with Gasteiger partial charge in [-0.05, 0) is 45.1 Å². The molecule has 2 aliphatic rings. The fourth-order valence-electron chi connectivity index (χ4n) is 3.88. The second-order valence-electron chi connectivity index (χ2n) is 7.70. The Morgan fingerprint density at radius 1 is 1.18 bits per heavy atom. The lowest BCUT2D eigenvalue weighted by Crippen LogP contribution is -2.50. The van der Waals surface area contributed by atoms with Crippen molar-refractivity contribution in [2.75, 3.05) is 46.3 Å². The molecule has 3 heterocycles. The van der Waals surface area contributed by atoms with Crippen LogP contribution in [0.4, 0.5) is 0 Å². The molecule has 0 saturated carbocycles. The lowest BCUT2D eigenvalue weighted by Gasteiger charge is -2.37. The average molecular weight is 404 g/mol. The molecule has 2 aliphatic heterocycles. The molecule has 2 saturated heterocycles. The van der Waals surface area contributed by atoms with E-state index in [9.17, 15) is 4.79 Å². The van der Waals surface area contributed by atoms with Crippen molar-refractivity contribution in [1.82, 2.24) is 24.8 Å². The van der Waals surface area contributed by atoms with Crippen molar-refractivity contribution in [3.8, 4) is 11.4 Å². The Morgan fingerprint density at radius 3 is 2.64 bits per heavy atom. The lowest BCUT2D eigenvalue weighted by atomic mass is 9.95. The van der Waals surface area contributed by atoms with Crippen molar-refractivity contribution in [3.05, 3.63) is 35.2 Å². The number of amides is 1. The highest BCUT2D eigenvalue weighted by molar-refractivity contribution is 6.30. The highest BCUT2D eigenvalue weighted by atomic mass is 35.5. The van der Waals surface area contributed by atoms with E-state index in [-0.39, 0.29) is 5.92 Å². The molecule has 1 aromatic heterocycles. The number of likely N-dealkylation sites (tertiary alicyclic amines) is 1. The van der Waals surface area contributed by atoms with Gasteiger partial charge in [-0.3, -0.25) is 9.69 Å². The number of nitrogens with zero attached hydrogens (tertiary/aromatic N) is 5. The van der Waals surface area contributed by atoms with Gasteiger partial charge in [0.15, 0.2) is 0 Å². The fourth-order valence-corrected chi connectivity index (χ4v) is 4.07. The van der Waals surface area contributed by atoms with Crippen molar-refractivity contribution in [2.45, 2.75) is 19.4 Å². The molecule has 150 valence electrons. The molecule has 0 aliphatic carbocycles. The summed E-state index contributed by atoms with van der Waals surface area (Å²) < 4.78 is 5.42. The van der Waals surface area contributed by atoms with Crippen LogP contribution in [0.2, 0.25) is 5.02 Å². The van der Waals surface area contributed by atoms with Gasteiger partial charge in [-0.1, -0.05) is 28.9 Å². The number of piperazine rings is 1. The summed E-state index contributed by atoms with van der Waals surface area (Å²) in [5.74, 6) is 1.62. The van der Waals surface area contributed by atoms with Crippen molar-refractivity contribution in [1.29, 1.82) is 0 Å². The summed E-state index contributed by atoms with van der Waals surface area (Å²) >= 11 is 6.03. The van der Waals surface area contributed by atoms with Crippen LogP contribution in [0, 0.1) is 5.92 Å². The van der Waals surface area contributed by atoms with E-state index in [0.29, 0.717) is 29.2 Å². The maximum atomic E-state index is 12.7. The van der Waals surface area contributed by atoms with Gasteiger partial charge in [-0.2, -0.15) is 4.98 Å². The number of aromatic nitrogens is 2. The predicted octanol–water partition coefficient (Wildman–Crippen LogP) is 2.38. The van der Waals surface area contributed by atoms with Gasteiger partial charge in [0.25, 0.3) is 0 Å². The second-order valence-corrected chi connectivity index (χ2v) is 8.14. The van der Waals surface area contributed by atoms with Crippen LogP contribution in [0.5, 0.6) is 0 Å². The number of hydrogen-bond acceptors (Lipinski definition) is 6. The normalized spacial score (nSPS) is 19.9.